The van der Waals surface area contributed by atoms with Crippen LogP contribution >= 0.6 is 0 Å². The first-order valence-corrected chi connectivity index (χ1v) is 18.2. The van der Waals surface area contributed by atoms with Gasteiger partial charge in [-0.15, -0.1) is 10.2 Å². The van der Waals surface area contributed by atoms with Crippen LogP contribution in [-0.2, 0) is 0 Å². The third-order valence-corrected chi connectivity index (χ3v) is 10.2. The molecular weight excluding hydrogens is 659 g/mol. The van der Waals surface area contributed by atoms with Gasteiger partial charge in [0.05, 0.1) is 11.0 Å². The molecule has 8 aromatic carbocycles. The molecule has 0 aliphatic rings. The predicted octanol–water partition coefficient (Wildman–Crippen LogP) is 13.2. The number of nitrogens with zero attached hydrogens (tertiary/aromatic N) is 3. The molecule has 254 valence electrons. The average Bonchev–Trinajstić information content (AvgIpc) is 3.88. The topological polar surface area (TPSA) is 43.9 Å². The fourth-order valence-electron chi connectivity index (χ4n) is 7.65. The smallest absolute Gasteiger partial charge is 0.248 e. The number of benzene rings is 8. The van der Waals surface area contributed by atoms with Crippen molar-refractivity contribution in [1.29, 1.82) is 0 Å². The predicted molar refractivity (Wildman–Crippen MR) is 221 cm³/mol. The molecule has 0 spiro atoms. The molecule has 2 aromatic heterocycles. The molecule has 4 heteroatoms. The molecule has 0 amide bonds. The van der Waals surface area contributed by atoms with E-state index < -0.39 is 0 Å². The maximum atomic E-state index is 6.21. The Labute approximate surface area is 313 Å². The van der Waals surface area contributed by atoms with E-state index >= 15 is 0 Å². The van der Waals surface area contributed by atoms with Gasteiger partial charge in [-0.2, -0.15) is 0 Å². The van der Waals surface area contributed by atoms with E-state index in [4.69, 9.17) is 4.42 Å². The van der Waals surface area contributed by atoms with Crippen LogP contribution in [0.5, 0.6) is 0 Å². The molecule has 0 radical (unpaired) electrons. The molecule has 2 heterocycles. The number of hydrogen-bond donors (Lipinski definition) is 0. The summed E-state index contributed by atoms with van der Waals surface area (Å²) in [6.07, 6.45) is 0. The van der Waals surface area contributed by atoms with Gasteiger partial charge in [-0.05, 0) is 99.1 Å². The van der Waals surface area contributed by atoms with E-state index in [2.05, 4.69) is 185 Å². The minimum Gasteiger partial charge on any atom is -0.416 e. The summed E-state index contributed by atoms with van der Waals surface area (Å²) in [5.41, 5.74) is 14.6. The number of hydrogen-bond acceptors (Lipinski definition) is 3. The lowest BCUT2D eigenvalue weighted by atomic mass is 9.89. The van der Waals surface area contributed by atoms with Crippen LogP contribution in [0, 0.1) is 0 Å². The summed E-state index contributed by atoms with van der Waals surface area (Å²) < 4.78 is 8.57. The molecule has 10 rings (SSSR count). The molecule has 10 aromatic rings. The molecule has 0 N–H and O–H groups in total. The van der Waals surface area contributed by atoms with Crippen LogP contribution in [0.1, 0.15) is 0 Å². The zero-order valence-electron chi connectivity index (χ0n) is 29.3. The molecule has 0 unspecified atom stereocenters. The highest BCUT2D eigenvalue weighted by molar-refractivity contribution is 6.11. The molecule has 0 aliphatic heterocycles. The van der Waals surface area contributed by atoms with Gasteiger partial charge in [0.15, 0.2) is 0 Å². The third-order valence-electron chi connectivity index (χ3n) is 10.2. The Morgan fingerprint density at radius 1 is 0.315 bits per heavy atom. The fourth-order valence-corrected chi connectivity index (χ4v) is 7.65. The van der Waals surface area contributed by atoms with Crippen molar-refractivity contribution in [3.05, 3.63) is 200 Å². The molecule has 0 bridgehead atoms. The molecule has 0 saturated carbocycles. The van der Waals surface area contributed by atoms with Crippen LogP contribution in [-0.4, -0.2) is 14.8 Å². The van der Waals surface area contributed by atoms with E-state index in [0.29, 0.717) is 11.8 Å². The lowest BCUT2D eigenvalue weighted by Crippen LogP contribution is -1.93. The summed E-state index contributed by atoms with van der Waals surface area (Å²) >= 11 is 0. The molecule has 54 heavy (non-hydrogen) atoms. The molecule has 0 atom stereocenters. The maximum Gasteiger partial charge on any atom is 0.248 e. The highest BCUT2D eigenvalue weighted by Crippen LogP contribution is 2.41. The minimum absolute atomic E-state index is 0.490. The second kappa shape index (κ2) is 13.4. The fraction of sp³-hybridized carbons (Fsp3) is 0. The van der Waals surface area contributed by atoms with Crippen molar-refractivity contribution >= 4 is 21.8 Å². The van der Waals surface area contributed by atoms with Crippen molar-refractivity contribution in [2.75, 3.05) is 0 Å². The number of para-hydroxylation sites is 2. The average molecular weight is 692 g/mol. The van der Waals surface area contributed by atoms with Gasteiger partial charge in [-0.1, -0.05) is 146 Å². The van der Waals surface area contributed by atoms with E-state index in [-0.39, 0.29) is 0 Å². The Balaban J connectivity index is 0.993. The molecule has 0 aliphatic carbocycles. The first-order valence-electron chi connectivity index (χ1n) is 18.2. The van der Waals surface area contributed by atoms with Crippen LogP contribution in [0.3, 0.4) is 0 Å². The summed E-state index contributed by atoms with van der Waals surface area (Å²) in [6, 6.07) is 70.4. The minimum atomic E-state index is 0.490. The normalized spacial score (nSPS) is 11.3. The van der Waals surface area contributed by atoms with Crippen molar-refractivity contribution < 1.29 is 4.42 Å². The Bertz CT molecular complexity index is 2920. The highest BCUT2D eigenvalue weighted by atomic mass is 16.4. The summed E-state index contributed by atoms with van der Waals surface area (Å²) in [4.78, 5) is 0. The van der Waals surface area contributed by atoms with Crippen LogP contribution in [0.4, 0.5) is 0 Å². The van der Waals surface area contributed by atoms with Crippen molar-refractivity contribution in [1.82, 2.24) is 14.8 Å². The van der Waals surface area contributed by atoms with Gasteiger partial charge < -0.3 is 8.98 Å². The van der Waals surface area contributed by atoms with Gasteiger partial charge in [0.1, 0.15) is 0 Å². The van der Waals surface area contributed by atoms with E-state index in [0.717, 1.165) is 39.1 Å². The Kier molecular flexibility index (Phi) is 7.77. The maximum absolute atomic E-state index is 6.21. The Hall–Kier alpha value is -7.30. The van der Waals surface area contributed by atoms with Gasteiger partial charge in [0.2, 0.25) is 11.8 Å². The number of fused-ring (bicyclic) bond motifs is 3. The monoisotopic (exact) mass is 691 g/mol. The lowest BCUT2D eigenvalue weighted by Gasteiger charge is -2.15. The van der Waals surface area contributed by atoms with Gasteiger partial charge in [0, 0.05) is 27.6 Å². The van der Waals surface area contributed by atoms with Crippen molar-refractivity contribution in [2.24, 2.45) is 0 Å². The van der Waals surface area contributed by atoms with Crippen LogP contribution < -0.4 is 0 Å². The summed E-state index contributed by atoms with van der Waals surface area (Å²) in [5.74, 6) is 0.987. The standard InChI is InChI=1S/C50H33N3O/c1-3-14-34(15-4-1)37-16-13-17-39(32-37)50-52-51-49(54-50)36-28-26-35(27-29-36)41-20-7-9-22-43(41)44-23-10-8-21-42(44)38-30-31-48-46(33-38)45-24-11-12-25-47(45)53(48)40-18-5-2-6-19-40/h1-33H. The highest BCUT2D eigenvalue weighted by Gasteiger charge is 2.17. The molecule has 0 fully saturated rings. The molecular formula is C50H33N3O. The molecule has 0 saturated heterocycles. The number of aromatic nitrogens is 3. The van der Waals surface area contributed by atoms with E-state index in [1.54, 1.807) is 0 Å². The second-order valence-electron chi connectivity index (χ2n) is 13.4. The lowest BCUT2D eigenvalue weighted by molar-refractivity contribution is 0.584. The van der Waals surface area contributed by atoms with Crippen LogP contribution in [0.2, 0.25) is 0 Å². The van der Waals surface area contributed by atoms with Gasteiger partial charge >= 0.3 is 0 Å². The molecule has 4 nitrogen and oxygen atoms in total. The van der Waals surface area contributed by atoms with Gasteiger partial charge in [-0.25, -0.2) is 0 Å². The third kappa shape index (κ3) is 5.58. The van der Waals surface area contributed by atoms with Crippen LogP contribution in [0.15, 0.2) is 205 Å². The Morgan fingerprint density at radius 2 is 0.833 bits per heavy atom. The van der Waals surface area contributed by atoms with Crippen molar-refractivity contribution in [3.63, 3.8) is 0 Å². The SMILES string of the molecule is c1ccc(-c2cccc(-c3nnc(-c4ccc(-c5ccccc5-c5ccccc5-c5ccc6c(c5)c5ccccc5n6-c5ccccc5)cc4)o3)c2)cc1. The summed E-state index contributed by atoms with van der Waals surface area (Å²) in [7, 11) is 0. The van der Waals surface area contributed by atoms with E-state index in [9.17, 15) is 0 Å². The second-order valence-corrected chi connectivity index (χ2v) is 13.4. The largest absolute Gasteiger partial charge is 0.416 e. The van der Waals surface area contributed by atoms with E-state index in [1.165, 1.54) is 44.1 Å². The van der Waals surface area contributed by atoms with Crippen molar-refractivity contribution in [2.45, 2.75) is 0 Å². The van der Waals surface area contributed by atoms with E-state index in [1.807, 2.05) is 30.3 Å². The number of rotatable bonds is 7. The van der Waals surface area contributed by atoms with Gasteiger partial charge in [0.25, 0.3) is 0 Å². The first-order chi connectivity index (χ1) is 26.8. The quantitative estimate of drug-likeness (QED) is 0.167. The summed E-state index contributed by atoms with van der Waals surface area (Å²) in [6.45, 7) is 0. The van der Waals surface area contributed by atoms with Gasteiger partial charge in [-0.3, -0.25) is 0 Å². The summed E-state index contributed by atoms with van der Waals surface area (Å²) in [5, 5.41) is 11.3. The van der Waals surface area contributed by atoms with Crippen LogP contribution in [0.25, 0.3) is 94.9 Å². The first kappa shape index (κ1) is 31.4. The zero-order valence-corrected chi connectivity index (χ0v) is 29.3. The van der Waals surface area contributed by atoms with Crippen molar-refractivity contribution in [3.8, 4) is 73.1 Å². The Morgan fingerprint density at radius 3 is 1.57 bits per heavy atom. The zero-order chi connectivity index (χ0) is 35.8.